The third kappa shape index (κ3) is 4.64. The molecule has 2 N–H and O–H groups in total. The SMILES string of the molecule is Cc1nn(-c2ccc(Cl)cc2)c(C)c1CC(=O)NCCC(C)(C)C(=O)O. The number of benzene rings is 1. The molecule has 0 spiro atoms. The van der Waals surface area contributed by atoms with Crippen LogP contribution in [0.3, 0.4) is 0 Å². The van der Waals surface area contributed by atoms with E-state index in [4.69, 9.17) is 16.7 Å². The van der Waals surface area contributed by atoms with Gasteiger partial charge in [0.05, 0.1) is 23.2 Å². The Morgan fingerprint density at radius 2 is 1.85 bits per heavy atom. The molecule has 0 aliphatic heterocycles. The van der Waals surface area contributed by atoms with Crippen LogP contribution < -0.4 is 5.32 Å². The molecular formula is C19H24ClN3O3. The number of hydrogen-bond donors (Lipinski definition) is 2. The molecule has 1 amide bonds. The number of carbonyl (C=O) groups is 2. The van der Waals surface area contributed by atoms with Gasteiger partial charge in [0, 0.05) is 22.8 Å². The quantitative estimate of drug-likeness (QED) is 0.775. The maximum atomic E-state index is 12.3. The molecule has 0 atom stereocenters. The lowest BCUT2D eigenvalue weighted by Gasteiger charge is -2.18. The van der Waals surface area contributed by atoms with Crippen molar-refractivity contribution in [1.82, 2.24) is 15.1 Å². The van der Waals surface area contributed by atoms with Crippen molar-refractivity contribution >= 4 is 23.5 Å². The minimum absolute atomic E-state index is 0.145. The number of aryl methyl sites for hydroxylation is 1. The van der Waals surface area contributed by atoms with Crippen molar-refractivity contribution in [3.63, 3.8) is 0 Å². The van der Waals surface area contributed by atoms with Crippen LogP contribution in [0.15, 0.2) is 24.3 Å². The third-order valence-corrected chi connectivity index (χ3v) is 4.75. The van der Waals surface area contributed by atoms with Crippen molar-refractivity contribution in [2.45, 2.75) is 40.5 Å². The Kier molecular flexibility index (Phi) is 6.08. The lowest BCUT2D eigenvalue weighted by Crippen LogP contribution is -2.32. The van der Waals surface area contributed by atoms with Crippen molar-refractivity contribution in [3.8, 4) is 5.69 Å². The lowest BCUT2D eigenvalue weighted by molar-refractivity contribution is -0.147. The number of hydrogen-bond acceptors (Lipinski definition) is 3. The molecule has 0 fully saturated rings. The number of aliphatic carboxylic acids is 1. The number of carboxylic acid groups (broad SMARTS) is 1. The van der Waals surface area contributed by atoms with Crippen LogP contribution in [0, 0.1) is 19.3 Å². The second-order valence-electron chi connectivity index (χ2n) is 7.00. The molecular weight excluding hydrogens is 354 g/mol. The second kappa shape index (κ2) is 7.91. The van der Waals surface area contributed by atoms with Crippen LogP contribution in [0.2, 0.25) is 5.02 Å². The highest BCUT2D eigenvalue weighted by Crippen LogP contribution is 2.21. The van der Waals surface area contributed by atoms with E-state index in [1.54, 1.807) is 30.7 Å². The molecule has 0 bridgehead atoms. The van der Waals surface area contributed by atoms with Gasteiger partial charge in [0.1, 0.15) is 0 Å². The van der Waals surface area contributed by atoms with E-state index in [2.05, 4.69) is 10.4 Å². The van der Waals surface area contributed by atoms with Gasteiger partial charge in [0.25, 0.3) is 0 Å². The molecule has 140 valence electrons. The number of aromatic nitrogens is 2. The molecule has 0 saturated carbocycles. The van der Waals surface area contributed by atoms with Gasteiger partial charge in [-0.3, -0.25) is 9.59 Å². The minimum Gasteiger partial charge on any atom is -0.481 e. The molecule has 6 nitrogen and oxygen atoms in total. The highest BCUT2D eigenvalue weighted by Gasteiger charge is 2.26. The fourth-order valence-corrected chi connectivity index (χ4v) is 2.73. The van der Waals surface area contributed by atoms with Crippen molar-refractivity contribution in [2.75, 3.05) is 6.54 Å². The van der Waals surface area contributed by atoms with Gasteiger partial charge in [-0.1, -0.05) is 11.6 Å². The average Bonchev–Trinajstić information content (AvgIpc) is 2.83. The monoisotopic (exact) mass is 377 g/mol. The molecule has 0 saturated heterocycles. The van der Waals surface area contributed by atoms with Crippen LogP contribution in [0.25, 0.3) is 5.69 Å². The molecule has 2 rings (SSSR count). The molecule has 2 aromatic rings. The van der Waals surface area contributed by atoms with Crippen molar-refractivity contribution in [1.29, 1.82) is 0 Å². The molecule has 0 aliphatic rings. The van der Waals surface area contributed by atoms with Gasteiger partial charge in [0.15, 0.2) is 0 Å². The van der Waals surface area contributed by atoms with E-state index in [0.717, 1.165) is 22.6 Å². The number of halogens is 1. The van der Waals surface area contributed by atoms with Gasteiger partial charge in [-0.2, -0.15) is 5.10 Å². The van der Waals surface area contributed by atoms with Crippen molar-refractivity contribution in [2.24, 2.45) is 5.41 Å². The standard InChI is InChI=1S/C19H24ClN3O3/c1-12-16(11-17(24)21-10-9-19(3,4)18(25)26)13(2)23(22-12)15-7-5-14(20)6-8-15/h5-8H,9-11H2,1-4H3,(H,21,24)(H,25,26). The summed E-state index contributed by atoms with van der Waals surface area (Å²) in [4.78, 5) is 23.4. The Morgan fingerprint density at radius 1 is 1.23 bits per heavy atom. The summed E-state index contributed by atoms with van der Waals surface area (Å²) in [5.74, 6) is -1.02. The van der Waals surface area contributed by atoms with Crippen LogP contribution in [0.1, 0.15) is 37.2 Å². The van der Waals surface area contributed by atoms with E-state index >= 15 is 0 Å². The van der Waals surface area contributed by atoms with Gasteiger partial charge in [-0.15, -0.1) is 0 Å². The smallest absolute Gasteiger partial charge is 0.309 e. The second-order valence-corrected chi connectivity index (χ2v) is 7.44. The topological polar surface area (TPSA) is 84.2 Å². The largest absolute Gasteiger partial charge is 0.481 e. The highest BCUT2D eigenvalue weighted by molar-refractivity contribution is 6.30. The Balaban J connectivity index is 2.04. The number of carboxylic acids is 1. The molecule has 0 unspecified atom stereocenters. The summed E-state index contributed by atoms with van der Waals surface area (Å²) >= 11 is 5.92. The van der Waals surface area contributed by atoms with Crippen LogP contribution in [0.4, 0.5) is 0 Å². The third-order valence-electron chi connectivity index (χ3n) is 4.50. The van der Waals surface area contributed by atoms with Crippen molar-refractivity contribution in [3.05, 3.63) is 46.2 Å². The molecule has 1 aromatic carbocycles. The van der Waals surface area contributed by atoms with Gasteiger partial charge in [-0.05, 0) is 58.4 Å². The number of carbonyl (C=O) groups excluding carboxylic acids is 1. The van der Waals surface area contributed by atoms with E-state index in [-0.39, 0.29) is 12.3 Å². The summed E-state index contributed by atoms with van der Waals surface area (Å²) in [6.45, 7) is 7.40. The molecule has 1 heterocycles. The molecule has 0 radical (unpaired) electrons. The fourth-order valence-electron chi connectivity index (χ4n) is 2.61. The van der Waals surface area contributed by atoms with E-state index in [9.17, 15) is 9.59 Å². The van der Waals surface area contributed by atoms with Crippen molar-refractivity contribution < 1.29 is 14.7 Å². The molecule has 0 aliphatic carbocycles. The van der Waals surface area contributed by atoms with Crippen LogP contribution in [-0.2, 0) is 16.0 Å². The fraction of sp³-hybridized carbons (Fsp3) is 0.421. The first kappa shape index (κ1) is 20.0. The van der Waals surface area contributed by atoms with Gasteiger partial charge in [-0.25, -0.2) is 4.68 Å². The zero-order valence-corrected chi connectivity index (χ0v) is 16.2. The van der Waals surface area contributed by atoms with Gasteiger partial charge in [0.2, 0.25) is 5.91 Å². The maximum absolute atomic E-state index is 12.3. The first-order valence-electron chi connectivity index (χ1n) is 8.43. The number of rotatable bonds is 7. The number of nitrogens with zero attached hydrogens (tertiary/aromatic N) is 2. The van der Waals surface area contributed by atoms with Gasteiger partial charge >= 0.3 is 5.97 Å². The Morgan fingerprint density at radius 3 is 2.42 bits per heavy atom. The molecule has 26 heavy (non-hydrogen) atoms. The van der Waals surface area contributed by atoms with Crippen LogP contribution in [-0.4, -0.2) is 33.3 Å². The summed E-state index contributed by atoms with van der Waals surface area (Å²) in [6, 6.07) is 7.34. The summed E-state index contributed by atoms with van der Waals surface area (Å²) in [7, 11) is 0. The Bertz CT molecular complexity index is 810. The highest BCUT2D eigenvalue weighted by atomic mass is 35.5. The van der Waals surface area contributed by atoms with E-state index in [0.29, 0.717) is 18.0 Å². The van der Waals surface area contributed by atoms with Crippen LogP contribution >= 0.6 is 11.6 Å². The Hall–Kier alpha value is -2.34. The van der Waals surface area contributed by atoms with E-state index in [1.165, 1.54) is 0 Å². The van der Waals surface area contributed by atoms with Gasteiger partial charge < -0.3 is 10.4 Å². The first-order chi connectivity index (χ1) is 12.1. The normalized spacial score (nSPS) is 11.4. The molecule has 1 aromatic heterocycles. The minimum atomic E-state index is -0.873. The molecule has 7 heteroatoms. The summed E-state index contributed by atoms with van der Waals surface area (Å²) in [5, 5.41) is 17.1. The Labute approximate surface area is 158 Å². The van der Waals surface area contributed by atoms with E-state index < -0.39 is 11.4 Å². The number of amides is 1. The zero-order chi connectivity index (χ0) is 19.5. The maximum Gasteiger partial charge on any atom is 0.309 e. The predicted octanol–water partition coefficient (Wildman–Crippen LogP) is 3.30. The zero-order valence-electron chi connectivity index (χ0n) is 15.5. The van der Waals surface area contributed by atoms with E-state index in [1.807, 2.05) is 26.0 Å². The number of nitrogens with one attached hydrogen (secondary N) is 1. The summed E-state index contributed by atoms with van der Waals surface area (Å²) in [6.07, 6.45) is 0.578. The van der Waals surface area contributed by atoms with Crippen LogP contribution in [0.5, 0.6) is 0 Å². The first-order valence-corrected chi connectivity index (χ1v) is 8.81. The average molecular weight is 378 g/mol. The lowest BCUT2D eigenvalue weighted by atomic mass is 9.90. The summed E-state index contributed by atoms with van der Waals surface area (Å²) < 4.78 is 1.79. The predicted molar refractivity (Wildman–Crippen MR) is 101 cm³/mol. The summed E-state index contributed by atoms with van der Waals surface area (Å²) in [5.41, 5.74) is 2.57.